The van der Waals surface area contributed by atoms with Crippen molar-refractivity contribution in [3.8, 4) is 11.5 Å². The van der Waals surface area contributed by atoms with Crippen molar-refractivity contribution in [3.63, 3.8) is 0 Å². The van der Waals surface area contributed by atoms with E-state index in [1.54, 1.807) is 12.1 Å². The molecule has 5 heteroatoms. The molecule has 224 valence electrons. The molecule has 0 radical (unpaired) electrons. The molecule has 2 aromatic carbocycles. The van der Waals surface area contributed by atoms with Gasteiger partial charge in [-0.3, -0.25) is 4.79 Å². The molecule has 5 unspecified atom stereocenters. The van der Waals surface area contributed by atoms with Gasteiger partial charge < -0.3 is 20.0 Å². The first-order chi connectivity index (χ1) is 19.7. The predicted octanol–water partition coefficient (Wildman–Crippen LogP) is 7.11. The Labute approximate surface area is 247 Å². The Bertz CT molecular complexity index is 1180. The van der Waals surface area contributed by atoms with E-state index < -0.39 is 0 Å². The summed E-state index contributed by atoms with van der Waals surface area (Å²) in [5.74, 6) is 3.18. The van der Waals surface area contributed by atoms with Crippen molar-refractivity contribution in [3.05, 3.63) is 59.7 Å². The summed E-state index contributed by atoms with van der Waals surface area (Å²) in [6.45, 7) is 14.6. The highest BCUT2D eigenvalue weighted by Gasteiger charge is 2.70. The van der Waals surface area contributed by atoms with Gasteiger partial charge in [-0.1, -0.05) is 90.5 Å². The lowest BCUT2D eigenvalue weighted by atomic mass is 9.92. The molecule has 2 saturated heterocycles. The van der Waals surface area contributed by atoms with Crippen molar-refractivity contribution in [1.82, 2.24) is 9.80 Å². The van der Waals surface area contributed by atoms with Gasteiger partial charge in [0.25, 0.3) is 0 Å². The number of likely N-dealkylation sites (tertiary alicyclic amines) is 2. The van der Waals surface area contributed by atoms with Crippen LogP contribution in [0.2, 0.25) is 0 Å². The van der Waals surface area contributed by atoms with Gasteiger partial charge in [0.2, 0.25) is 5.91 Å². The van der Waals surface area contributed by atoms with Crippen LogP contribution in [0.3, 0.4) is 0 Å². The van der Waals surface area contributed by atoms with Crippen LogP contribution in [-0.4, -0.2) is 58.6 Å². The number of phenolic OH excluding ortho intramolecular Hbond substituents is 2. The molecule has 4 fully saturated rings. The summed E-state index contributed by atoms with van der Waals surface area (Å²) in [5.41, 5.74) is 2.70. The summed E-state index contributed by atoms with van der Waals surface area (Å²) in [6.07, 6.45) is 10.3. The third-order valence-corrected chi connectivity index (χ3v) is 11.1. The van der Waals surface area contributed by atoms with E-state index in [2.05, 4.69) is 43.6 Å². The number of piperidine rings is 2. The smallest absolute Gasteiger partial charge is 0.226 e. The van der Waals surface area contributed by atoms with E-state index in [0.717, 1.165) is 36.9 Å². The molecule has 2 aliphatic carbocycles. The van der Waals surface area contributed by atoms with Crippen LogP contribution in [-0.2, 0) is 15.6 Å². The van der Waals surface area contributed by atoms with E-state index in [1.165, 1.54) is 70.1 Å². The highest BCUT2D eigenvalue weighted by atomic mass is 16.3. The third-order valence-electron chi connectivity index (χ3n) is 11.1. The normalized spacial score (nSPS) is 31.4. The van der Waals surface area contributed by atoms with Crippen LogP contribution >= 0.6 is 0 Å². The zero-order chi connectivity index (χ0) is 29.2. The summed E-state index contributed by atoms with van der Waals surface area (Å²) in [7, 11) is 0. The maximum Gasteiger partial charge on any atom is 0.226 e. The molecule has 2 aromatic rings. The van der Waals surface area contributed by atoms with Crippen LogP contribution in [0.5, 0.6) is 11.5 Å². The van der Waals surface area contributed by atoms with Gasteiger partial charge in [0.1, 0.15) is 11.5 Å². The number of unbranched alkanes of at least 4 members (excludes halogenated alkanes) is 6. The van der Waals surface area contributed by atoms with Gasteiger partial charge in [-0.15, -0.1) is 0 Å². The molecule has 6 rings (SSSR count). The van der Waals surface area contributed by atoms with E-state index >= 15 is 0 Å². The van der Waals surface area contributed by atoms with E-state index in [1.807, 2.05) is 30.3 Å². The zero-order valence-electron chi connectivity index (χ0n) is 25.8. The minimum Gasteiger partial charge on any atom is -0.508 e. The first-order valence-corrected chi connectivity index (χ1v) is 16.3. The van der Waals surface area contributed by atoms with Crippen LogP contribution in [0.25, 0.3) is 0 Å². The lowest BCUT2D eigenvalue weighted by Crippen LogP contribution is -2.34. The van der Waals surface area contributed by atoms with E-state index in [-0.39, 0.29) is 11.3 Å². The first kappa shape index (κ1) is 29.9. The molecule has 5 nitrogen and oxygen atoms in total. The molecular weight excluding hydrogens is 508 g/mol. The fraction of sp³-hybridized carbons (Fsp3) is 0.639. The quantitative estimate of drug-likeness (QED) is 0.272. The molecular formula is C36H52N2O3. The largest absolute Gasteiger partial charge is 0.508 e. The van der Waals surface area contributed by atoms with E-state index in [9.17, 15) is 15.0 Å². The summed E-state index contributed by atoms with van der Waals surface area (Å²) in [6, 6.07) is 15.3. The number of aromatic hydroxyl groups is 2. The lowest BCUT2D eigenvalue weighted by molar-refractivity contribution is -0.130. The SMILES string of the molecule is CCCCCCN1CC2C(C1)C2(C)c1cccc(O)c1.CCCCCCN1CC2C(C1=O)C2(C)c1cccc(O)c1. The second kappa shape index (κ2) is 12.4. The van der Waals surface area contributed by atoms with Crippen LogP contribution < -0.4 is 0 Å². The van der Waals surface area contributed by atoms with Gasteiger partial charge in [-0.25, -0.2) is 0 Å². The van der Waals surface area contributed by atoms with Gasteiger partial charge in [0, 0.05) is 37.0 Å². The first-order valence-electron chi connectivity index (χ1n) is 16.3. The third kappa shape index (κ3) is 5.89. The fourth-order valence-corrected chi connectivity index (χ4v) is 8.19. The summed E-state index contributed by atoms with van der Waals surface area (Å²) in [4.78, 5) is 17.2. The number of benzene rings is 2. The van der Waals surface area contributed by atoms with Crippen LogP contribution in [0.1, 0.15) is 90.2 Å². The minimum atomic E-state index is -0.0598. The Morgan fingerprint density at radius 3 is 1.73 bits per heavy atom. The van der Waals surface area contributed by atoms with Gasteiger partial charge >= 0.3 is 0 Å². The lowest BCUT2D eigenvalue weighted by Gasteiger charge is -2.24. The number of nitrogens with zero attached hydrogens (tertiary/aromatic N) is 2. The Morgan fingerprint density at radius 1 is 0.707 bits per heavy atom. The molecule has 0 bridgehead atoms. The molecule has 2 N–H and O–H groups in total. The van der Waals surface area contributed by atoms with Crippen LogP contribution in [0, 0.1) is 23.7 Å². The van der Waals surface area contributed by atoms with Gasteiger partial charge in [0.15, 0.2) is 0 Å². The predicted molar refractivity (Wildman–Crippen MR) is 166 cm³/mol. The number of amides is 1. The highest BCUT2D eigenvalue weighted by Crippen LogP contribution is 2.64. The average Bonchev–Trinajstić information content (AvgIpc) is 3.52. The molecule has 2 heterocycles. The number of carbonyl (C=O) groups is 1. The van der Waals surface area contributed by atoms with Crippen molar-refractivity contribution >= 4 is 5.91 Å². The van der Waals surface area contributed by atoms with Crippen molar-refractivity contribution in [2.24, 2.45) is 23.7 Å². The van der Waals surface area contributed by atoms with Crippen LogP contribution in [0.4, 0.5) is 0 Å². The number of fused-ring (bicyclic) bond motifs is 2. The monoisotopic (exact) mass is 560 g/mol. The second-order valence-corrected chi connectivity index (χ2v) is 13.6. The topological polar surface area (TPSA) is 64.0 Å². The molecule has 2 aliphatic heterocycles. The maximum absolute atomic E-state index is 12.5. The van der Waals surface area contributed by atoms with Gasteiger partial charge in [-0.2, -0.15) is 0 Å². The number of hydrogen-bond acceptors (Lipinski definition) is 4. The van der Waals surface area contributed by atoms with Crippen LogP contribution in [0.15, 0.2) is 48.5 Å². The molecule has 0 aromatic heterocycles. The summed E-state index contributed by atoms with van der Waals surface area (Å²) >= 11 is 0. The Kier molecular flexibility index (Phi) is 9.04. The molecule has 5 atom stereocenters. The number of carbonyl (C=O) groups excluding carboxylic acids is 1. The molecule has 2 saturated carbocycles. The Morgan fingerprint density at radius 2 is 1.24 bits per heavy atom. The molecule has 1 amide bonds. The molecule has 0 spiro atoms. The van der Waals surface area contributed by atoms with Crippen molar-refractivity contribution < 1.29 is 15.0 Å². The molecule has 4 aliphatic rings. The molecule has 41 heavy (non-hydrogen) atoms. The Hall–Kier alpha value is -2.53. The van der Waals surface area contributed by atoms with Crippen molar-refractivity contribution in [1.29, 1.82) is 0 Å². The van der Waals surface area contributed by atoms with Gasteiger partial charge in [0.05, 0.1) is 5.92 Å². The summed E-state index contributed by atoms with van der Waals surface area (Å²) < 4.78 is 0. The fourth-order valence-electron chi connectivity index (χ4n) is 8.19. The maximum atomic E-state index is 12.5. The zero-order valence-corrected chi connectivity index (χ0v) is 25.8. The van der Waals surface area contributed by atoms with E-state index in [4.69, 9.17) is 0 Å². The average molecular weight is 561 g/mol. The number of rotatable bonds is 12. The number of hydrogen-bond donors (Lipinski definition) is 2. The number of phenols is 2. The Balaban J connectivity index is 0.000000165. The standard InChI is InChI=1S/C18H25NO2.C18H27NO/c1-3-4-5-6-10-19-12-15-16(17(19)21)18(15,2)13-8-7-9-14(20)11-13;1-3-4-5-6-10-19-12-16-17(13-19)18(16,2)14-8-7-9-15(20)11-14/h7-9,11,15-16,20H,3-6,10,12H2,1-2H3;7-9,11,16-17,20H,3-6,10,12-13H2,1-2H3. The van der Waals surface area contributed by atoms with Crippen molar-refractivity contribution in [2.45, 2.75) is 89.9 Å². The minimum absolute atomic E-state index is 0.0598. The van der Waals surface area contributed by atoms with Crippen molar-refractivity contribution in [2.75, 3.05) is 32.7 Å². The summed E-state index contributed by atoms with van der Waals surface area (Å²) in [5, 5.41) is 19.3. The van der Waals surface area contributed by atoms with Gasteiger partial charge in [-0.05, 0) is 72.5 Å². The van der Waals surface area contributed by atoms with E-state index in [0.29, 0.717) is 28.7 Å². The second-order valence-electron chi connectivity index (χ2n) is 13.6. The highest BCUT2D eigenvalue weighted by molar-refractivity contribution is 5.88.